The monoisotopic (exact) mass is 221 g/mol. The lowest BCUT2D eigenvalue weighted by molar-refractivity contribution is -0.787. The normalized spacial score (nSPS) is 9.87. The predicted molar refractivity (Wildman–Crippen MR) is 61.0 cm³/mol. The van der Waals surface area contributed by atoms with E-state index < -0.39 is 0 Å². The largest absolute Gasteiger partial charge is 1.00 e. The molecule has 0 saturated heterocycles. The van der Waals surface area contributed by atoms with E-state index in [-0.39, 0.29) is 12.4 Å². The van der Waals surface area contributed by atoms with Gasteiger partial charge in [-0.05, 0) is 19.7 Å². The Morgan fingerprint density at radius 3 is 1.80 bits per heavy atom. The molecule has 0 fully saturated rings. The summed E-state index contributed by atoms with van der Waals surface area (Å²) in [6.07, 6.45) is 5.48. The first-order valence-corrected chi connectivity index (χ1v) is 4.58. The first-order valence-electron chi connectivity index (χ1n) is 4.58. The Balaban J connectivity index is 0.00000196. The second-order valence-electron chi connectivity index (χ2n) is 3.19. The van der Waals surface area contributed by atoms with Crippen LogP contribution in [0, 0.1) is 0 Å². The van der Waals surface area contributed by atoms with Gasteiger partial charge in [0.15, 0.2) is 0 Å². The van der Waals surface area contributed by atoms with E-state index in [9.17, 15) is 0 Å². The van der Waals surface area contributed by atoms with Gasteiger partial charge in [0.05, 0.1) is 18.6 Å². The summed E-state index contributed by atoms with van der Waals surface area (Å²) in [6, 6.07) is 10.2. The van der Waals surface area contributed by atoms with Gasteiger partial charge in [-0.3, -0.25) is 0 Å². The Morgan fingerprint density at radius 1 is 0.933 bits per heavy atom. The minimum atomic E-state index is 0. The standard InChI is InChI=1S/C13H16N.ClH/c1-4-14(5-2,6-3)12-13-10-8-7-9-11-13;/h4-11H,1-3,12H2;1H/q+1;/p-1. The summed E-state index contributed by atoms with van der Waals surface area (Å²) in [4.78, 5) is 0. The molecule has 0 aromatic heterocycles. The number of halogens is 1. The Morgan fingerprint density at radius 2 is 1.40 bits per heavy atom. The Bertz CT molecular complexity index is 308. The fourth-order valence-corrected chi connectivity index (χ4v) is 1.32. The molecular weight excluding hydrogens is 206 g/mol. The fourth-order valence-electron chi connectivity index (χ4n) is 1.32. The third-order valence-electron chi connectivity index (χ3n) is 2.32. The molecule has 0 heterocycles. The minimum Gasteiger partial charge on any atom is -1.00 e. The van der Waals surface area contributed by atoms with Gasteiger partial charge in [0.25, 0.3) is 0 Å². The van der Waals surface area contributed by atoms with Gasteiger partial charge in [0.2, 0.25) is 0 Å². The van der Waals surface area contributed by atoms with Crippen molar-refractivity contribution in [3.05, 3.63) is 74.2 Å². The van der Waals surface area contributed by atoms with Crippen molar-refractivity contribution in [2.75, 3.05) is 0 Å². The average molecular weight is 222 g/mol. The molecule has 0 aliphatic carbocycles. The van der Waals surface area contributed by atoms with Crippen LogP contribution in [0.3, 0.4) is 0 Å². The lowest BCUT2D eigenvalue weighted by atomic mass is 10.2. The van der Waals surface area contributed by atoms with E-state index in [4.69, 9.17) is 0 Å². The van der Waals surface area contributed by atoms with Crippen molar-refractivity contribution in [3.8, 4) is 0 Å². The van der Waals surface area contributed by atoms with Crippen LogP contribution in [0.15, 0.2) is 68.7 Å². The Labute approximate surface area is 98.0 Å². The highest BCUT2D eigenvalue weighted by Crippen LogP contribution is 2.16. The molecule has 0 N–H and O–H groups in total. The van der Waals surface area contributed by atoms with Crippen LogP contribution >= 0.6 is 0 Å². The van der Waals surface area contributed by atoms with E-state index in [1.54, 1.807) is 0 Å². The summed E-state index contributed by atoms with van der Waals surface area (Å²) in [5, 5.41) is 0. The van der Waals surface area contributed by atoms with Crippen LogP contribution in [0.2, 0.25) is 0 Å². The lowest BCUT2D eigenvalue weighted by Gasteiger charge is -2.25. The second kappa shape index (κ2) is 6.23. The summed E-state index contributed by atoms with van der Waals surface area (Å²) >= 11 is 0. The Hall–Kier alpha value is -1.31. The number of hydrogen-bond donors (Lipinski definition) is 0. The lowest BCUT2D eigenvalue weighted by Crippen LogP contribution is -3.00. The quantitative estimate of drug-likeness (QED) is 0.633. The molecule has 0 aliphatic rings. The van der Waals surface area contributed by atoms with Gasteiger partial charge in [0.1, 0.15) is 6.54 Å². The molecule has 80 valence electrons. The third-order valence-corrected chi connectivity index (χ3v) is 2.32. The van der Waals surface area contributed by atoms with E-state index in [0.717, 1.165) is 6.54 Å². The third kappa shape index (κ3) is 3.39. The van der Waals surface area contributed by atoms with Crippen molar-refractivity contribution in [1.82, 2.24) is 0 Å². The van der Waals surface area contributed by atoms with Gasteiger partial charge in [-0.2, -0.15) is 0 Å². The number of hydrogen-bond acceptors (Lipinski definition) is 0. The minimum absolute atomic E-state index is 0. The maximum atomic E-state index is 3.80. The van der Waals surface area contributed by atoms with Crippen molar-refractivity contribution in [2.24, 2.45) is 0 Å². The zero-order valence-corrected chi connectivity index (χ0v) is 9.53. The van der Waals surface area contributed by atoms with Crippen molar-refractivity contribution < 1.29 is 16.9 Å². The maximum Gasteiger partial charge on any atom is 0.117 e. The predicted octanol–water partition coefficient (Wildman–Crippen LogP) is 0.438. The van der Waals surface area contributed by atoms with E-state index in [2.05, 4.69) is 31.9 Å². The van der Waals surface area contributed by atoms with Gasteiger partial charge in [-0.1, -0.05) is 30.3 Å². The zero-order chi connectivity index (χ0) is 10.4. The molecule has 0 saturated carbocycles. The highest BCUT2D eigenvalue weighted by molar-refractivity contribution is 5.14. The van der Waals surface area contributed by atoms with Crippen LogP contribution in [-0.4, -0.2) is 4.48 Å². The molecule has 15 heavy (non-hydrogen) atoms. The maximum absolute atomic E-state index is 3.80. The summed E-state index contributed by atoms with van der Waals surface area (Å²) in [7, 11) is 0. The number of nitrogens with zero attached hydrogens (tertiary/aromatic N) is 1. The van der Waals surface area contributed by atoms with Gasteiger partial charge in [-0.25, -0.2) is 4.48 Å². The number of rotatable bonds is 5. The van der Waals surface area contributed by atoms with Crippen molar-refractivity contribution >= 4 is 0 Å². The molecule has 1 nitrogen and oxygen atoms in total. The van der Waals surface area contributed by atoms with Crippen LogP contribution < -0.4 is 12.4 Å². The fraction of sp³-hybridized carbons (Fsp3) is 0.0769. The van der Waals surface area contributed by atoms with Crippen molar-refractivity contribution in [3.63, 3.8) is 0 Å². The number of benzene rings is 1. The molecular formula is C13H16ClN. The molecule has 1 aromatic rings. The van der Waals surface area contributed by atoms with Crippen LogP contribution in [-0.2, 0) is 6.54 Å². The second-order valence-corrected chi connectivity index (χ2v) is 3.19. The topological polar surface area (TPSA) is 0 Å². The summed E-state index contributed by atoms with van der Waals surface area (Å²) in [5.41, 5.74) is 1.24. The molecule has 1 rings (SSSR count). The Kier molecular flexibility index (Phi) is 5.68. The van der Waals surface area contributed by atoms with Crippen molar-refractivity contribution in [1.29, 1.82) is 0 Å². The van der Waals surface area contributed by atoms with Gasteiger partial charge >= 0.3 is 0 Å². The van der Waals surface area contributed by atoms with E-state index in [1.165, 1.54) is 5.56 Å². The summed E-state index contributed by atoms with van der Waals surface area (Å²) in [6.45, 7) is 12.2. The molecule has 0 unspecified atom stereocenters. The molecule has 1 aromatic carbocycles. The molecule has 0 atom stereocenters. The van der Waals surface area contributed by atoms with Crippen LogP contribution in [0.5, 0.6) is 0 Å². The number of quaternary nitrogens is 1. The first-order chi connectivity index (χ1) is 6.76. The first kappa shape index (κ1) is 13.7. The molecule has 2 heteroatoms. The van der Waals surface area contributed by atoms with Gasteiger partial charge in [-0.15, -0.1) is 0 Å². The summed E-state index contributed by atoms with van der Waals surface area (Å²) in [5.74, 6) is 0. The highest BCUT2D eigenvalue weighted by Gasteiger charge is 2.16. The SMILES string of the molecule is C=C[N+](C=C)(C=C)Cc1ccccc1.[Cl-]. The average Bonchev–Trinajstić information content (AvgIpc) is 2.28. The molecule has 0 spiro atoms. The highest BCUT2D eigenvalue weighted by atomic mass is 35.5. The van der Waals surface area contributed by atoms with Crippen LogP contribution in [0.25, 0.3) is 0 Å². The van der Waals surface area contributed by atoms with Crippen molar-refractivity contribution in [2.45, 2.75) is 6.54 Å². The van der Waals surface area contributed by atoms with Gasteiger partial charge < -0.3 is 12.4 Å². The smallest absolute Gasteiger partial charge is 0.117 e. The molecule has 0 aliphatic heterocycles. The van der Waals surface area contributed by atoms with Gasteiger partial charge in [0, 0.05) is 5.56 Å². The van der Waals surface area contributed by atoms with Crippen LogP contribution in [0.4, 0.5) is 0 Å². The van der Waals surface area contributed by atoms with Crippen LogP contribution in [0.1, 0.15) is 5.56 Å². The zero-order valence-electron chi connectivity index (χ0n) is 8.77. The molecule has 0 radical (unpaired) electrons. The van der Waals surface area contributed by atoms with E-state index in [1.807, 2.05) is 36.8 Å². The molecule has 0 bridgehead atoms. The molecule has 0 amide bonds. The summed E-state index contributed by atoms with van der Waals surface area (Å²) < 4.78 is 0.490. The van der Waals surface area contributed by atoms with E-state index in [0.29, 0.717) is 4.48 Å². The van der Waals surface area contributed by atoms with E-state index >= 15 is 0 Å².